The lowest BCUT2D eigenvalue weighted by Crippen LogP contribution is -2.46. The molecule has 0 unspecified atom stereocenters. The number of carbonyl (C=O) groups excluding carboxylic acids is 6. The minimum absolute atomic E-state index is 0.0967. The largest absolute Gasteiger partial charge is 0.452 e. The Hall–Kier alpha value is -2.38. The van der Waals surface area contributed by atoms with Crippen molar-refractivity contribution in [3.8, 4) is 0 Å². The van der Waals surface area contributed by atoms with Crippen molar-refractivity contribution in [2.75, 3.05) is 0 Å². The average Bonchev–Trinajstić information content (AvgIpc) is 3.19. The van der Waals surface area contributed by atoms with Crippen molar-refractivity contribution < 1.29 is 38.2 Å². The summed E-state index contributed by atoms with van der Waals surface area (Å²) in [5, 5.41) is 0. The predicted octanol–water partition coefficient (Wildman–Crippen LogP) is 2.29. The maximum atomic E-state index is 12.9. The molecule has 2 saturated carbocycles. The molecule has 0 aromatic rings. The summed E-state index contributed by atoms with van der Waals surface area (Å²) < 4.78 is 10.7. The van der Waals surface area contributed by atoms with Gasteiger partial charge in [0.2, 0.25) is 11.6 Å². The second kappa shape index (κ2) is 9.63. The van der Waals surface area contributed by atoms with Gasteiger partial charge in [-0.05, 0) is 25.7 Å². The van der Waals surface area contributed by atoms with E-state index in [0.29, 0.717) is 25.7 Å². The molecule has 2 heterocycles. The SMILES string of the molecule is O=C1O[C@H]([C@@H]2OC(=O)C(=O)[C@H]2[C@@H]2CCCCCCC2=O)[C@H]([C@@H]2CCCCCCC2=O)C1=O. The molecule has 0 amide bonds. The van der Waals surface area contributed by atoms with E-state index in [1.54, 1.807) is 0 Å². The summed E-state index contributed by atoms with van der Waals surface area (Å²) >= 11 is 0. The van der Waals surface area contributed by atoms with Crippen molar-refractivity contribution in [1.82, 2.24) is 0 Å². The lowest BCUT2D eigenvalue weighted by atomic mass is 9.71. The van der Waals surface area contributed by atoms with Crippen LogP contribution >= 0.6 is 0 Å². The van der Waals surface area contributed by atoms with E-state index in [-0.39, 0.29) is 11.6 Å². The molecule has 4 rings (SSSR count). The zero-order chi connectivity index (χ0) is 22.8. The molecule has 0 radical (unpaired) electrons. The Morgan fingerprint density at radius 1 is 0.500 bits per heavy atom. The van der Waals surface area contributed by atoms with Crippen molar-refractivity contribution in [2.24, 2.45) is 23.7 Å². The Balaban J connectivity index is 1.66. The second-order valence-electron chi connectivity index (χ2n) is 9.57. The summed E-state index contributed by atoms with van der Waals surface area (Å²) in [7, 11) is 0. The van der Waals surface area contributed by atoms with Crippen LogP contribution in [0.3, 0.4) is 0 Å². The first-order valence-corrected chi connectivity index (χ1v) is 11.9. The van der Waals surface area contributed by atoms with E-state index in [0.717, 1.165) is 51.4 Å². The maximum Gasteiger partial charge on any atom is 0.375 e. The Labute approximate surface area is 186 Å². The first-order chi connectivity index (χ1) is 15.4. The fourth-order valence-corrected chi connectivity index (χ4v) is 5.93. The molecule has 6 atom stereocenters. The van der Waals surface area contributed by atoms with E-state index < -0.39 is 59.4 Å². The van der Waals surface area contributed by atoms with Crippen LogP contribution in [0.25, 0.3) is 0 Å². The lowest BCUT2D eigenvalue weighted by Gasteiger charge is -2.32. The zero-order valence-electron chi connectivity index (χ0n) is 18.2. The van der Waals surface area contributed by atoms with E-state index in [2.05, 4.69) is 0 Å². The summed E-state index contributed by atoms with van der Waals surface area (Å²) in [5.74, 6) is -7.49. The maximum absolute atomic E-state index is 12.9. The summed E-state index contributed by atoms with van der Waals surface area (Å²) in [6, 6.07) is 0. The van der Waals surface area contributed by atoms with Crippen LogP contribution in [0.4, 0.5) is 0 Å². The number of ketones is 4. The summed E-state index contributed by atoms with van der Waals surface area (Å²) in [4.78, 5) is 75.9. The van der Waals surface area contributed by atoms with Gasteiger partial charge in [0.25, 0.3) is 0 Å². The lowest BCUT2D eigenvalue weighted by molar-refractivity contribution is -0.159. The van der Waals surface area contributed by atoms with Crippen LogP contribution in [0.5, 0.6) is 0 Å². The van der Waals surface area contributed by atoms with Crippen LogP contribution in [0.15, 0.2) is 0 Å². The van der Waals surface area contributed by atoms with Crippen molar-refractivity contribution in [1.29, 1.82) is 0 Å². The fraction of sp³-hybridized carbons (Fsp3) is 0.750. The van der Waals surface area contributed by atoms with E-state index in [1.165, 1.54) is 0 Å². The first-order valence-electron chi connectivity index (χ1n) is 11.9. The Bertz CT molecular complexity index is 762. The second-order valence-corrected chi connectivity index (χ2v) is 9.57. The third-order valence-electron chi connectivity index (χ3n) is 7.60. The van der Waals surface area contributed by atoms with Gasteiger partial charge in [-0.25, -0.2) is 9.59 Å². The minimum Gasteiger partial charge on any atom is -0.452 e. The Morgan fingerprint density at radius 2 is 0.875 bits per heavy atom. The van der Waals surface area contributed by atoms with Gasteiger partial charge in [0, 0.05) is 24.7 Å². The third-order valence-corrected chi connectivity index (χ3v) is 7.60. The molecule has 2 aliphatic carbocycles. The van der Waals surface area contributed by atoms with E-state index >= 15 is 0 Å². The molecule has 2 saturated heterocycles. The van der Waals surface area contributed by atoms with Gasteiger partial charge in [-0.2, -0.15) is 0 Å². The van der Waals surface area contributed by atoms with Gasteiger partial charge < -0.3 is 9.47 Å². The molecule has 0 aromatic carbocycles. The number of ether oxygens (including phenoxy) is 2. The summed E-state index contributed by atoms with van der Waals surface area (Å²) in [6.45, 7) is 0. The van der Waals surface area contributed by atoms with Crippen LogP contribution in [0.1, 0.15) is 77.0 Å². The molecular weight excluding hydrogens is 416 g/mol. The van der Waals surface area contributed by atoms with Crippen molar-refractivity contribution in [2.45, 2.75) is 89.3 Å². The number of carbonyl (C=O) groups is 6. The van der Waals surface area contributed by atoms with Crippen LogP contribution in [-0.4, -0.2) is 47.3 Å². The van der Waals surface area contributed by atoms with Crippen molar-refractivity contribution >= 4 is 35.1 Å². The highest BCUT2D eigenvalue weighted by molar-refractivity contribution is 6.38. The Kier molecular flexibility index (Phi) is 6.86. The number of hydrogen-bond acceptors (Lipinski definition) is 8. The molecule has 0 aromatic heterocycles. The number of hydrogen-bond donors (Lipinski definition) is 0. The predicted molar refractivity (Wildman–Crippen MR) is 109 cm³/mol. The van der Waals surface area contributed by atoms with E-state index in [9.17, 15) is 28.8 Å². The first kappa shape index (κ1) is 22.8. The molecular formula is C24H30O8. The minimum atomic E-state index is -1.21. The molecule has 8 nitrogen and oxygen atoms in total. The van der Waals surface area contributed by atoms with Crippen molar-refractivity contribution in [3.05, 3.63) is 0 Å². The molecule has 4 fully saturated rings. The standard InChI is InChI=1S/C24H30O8/c25-15-11-7-3-1-5-9-13(15)17-19(27)23(29)31-21(17)22-18(20(28)24(30)32-22)14-10-6-2-4-8-12-16(14)26/h13-14,17-18,21-22H,1-12H2/t13-,14-,17-,18-,21-,22+/m1/s1. The zero-order valence-corrected chi connectivity index (χ0v) is 18.2. The molecule has 0 N–H and O–H groups in total. The topological polar surface area (TPSA) is 121 Å². The highest BCUT2D eigenvalue weighted by Crippen LogP contribution is 2.42. The molecule has 174 valence electrons. The molecule has 8 heteroatoms. The quantitative estimate of drug-likeness (QED) is 0.478. The average molecular weight is 446 g/mol. The summed E-state index contributed by atoms with van der Waals surface area (Å²) in [5.41, 5.74) is 0. The van der Waals surface area contributed by atoms with Gasteiger partial charge in [0.15, 0.2) is 12.2 Å². The smallest absolute Gasteiger partial charge is 0.375 e. The van der Waals surface area contributed by atoms with E-state index in [1.807, 2.05) is 0 Å². The Morgan fingerprint density at radius 3 is 1.28 bits per heavy atom. The third kappa shape index (κ3) is 4.28. The van der Waals surface area contributed by atoms with Crippen LogP contribution < -0.4 is 0 Å². The highest BCUT2D eigenvalue weighted by Gasteiger charge is 2.61. The van der Waals surface area contributed by atoms with Gasteiger partial charge in [-0.3, -0.25) is 19.2 Å². The van der Waals surface area contributed by atoms with Crippen LogP contribution in [0, 0.1) is 23.7 Å². The van der Waals surface area contributed by atoms with Gasteiger partial charge in [0.05, 0.1) is 11.8 Å². The number of cyclic esters (lactones) is 2. The molecule has 32 heavy (non-hydrogen) atoms. The molecule has 0 bridgehead atoms. The number of Topliss-reactive ketones (excluding diaryl/α,β-unsaturated/α-hetero) is 4. The van der Waals surface area contributed by atoms with E-state index in [4.69, 9.17) is 9.47 Å². The number of rotatable bonds is 3. The van der Waals surface area contributed by atoms with Gasteiger partial charge in [-0.1, -0.05) is 38.5 Å². The van der Waals surface area contributed by atoms with Crippen molar-refractivity contribution in [3.63, 3.8) is 0 Å². The summed E-state index contributed by atoms with van der Waals surface area (Å²) in [6.07, 6.45) is 5.82. The normalized spacial score (nSPS) is 37.4. The molecule has 2 aliphatic heterocycles. The molecule has 0 spiro atoms. The van der Waals surface area contributed by atoms with Gasteiger partial charge in [0.1, 0.15) is 11.6 Å². The van der Waals surface area contributed by atoms with Crippen LogP contribution in [0.2, 0.25) is 0 Å². The van der Waals surface area contributed by atoms with Gasteiger partial charge in [-0.15, -0.1) is 0 Å². The highest BCUT2D eigenvalue weighted by atomic mass is 16.6. The molecule has 4 aliphatic rings. The monoisotopic (exact) mass is 446 g/mol. The van der Waals surface area contributed by atoms with Crippen LogP contribution in [-0.2, 0) is 38.2 Å². The van der Waals surface area contributed by atoms with Gasteiger partial charge >= 0.3 is 11.9 Å². The fourth-order valence-electron chi connectivity index (χ4n) is 5.93. The number of esters is 2.